The zero-order chi connectivity index (χ0) is 25.8. The van der Waals surface area contributed by atoms with E-state index in [9.17, 15) is 9.50 Å². The first-order valence-corrected chi connectivity index (χ1v) is 14.0. The smallest absolute Gasteiger partial charge is 0.233 e. The molecule has 2 aromatic carbocycles. The highest BCUT2D eigenvalue weighted by molar-refractivity contribution is 7.99. The second kappa shape index (κ2) is 11.8. The Kier molecular flexibility index (Phi) is 8.23. The molecule has 5 nitrogen and oxygen atoms in total. The molecule has 8 heteroatoms. The van der Waals surface area contributed by atoms with Crippen molar-refractivity contribution in [1.29, 1.82) is 0 Å². The highest BCUT2D eigenvalue weighted by Crippen LogP contribution is 2.47. The lowest BCUT2D eigenvalue weighted by molar-refractivity contribution is 0.198. The van der Waals surface area contributed by atoms with Gasteiger partial charge in [0, 0.05) is 42.0 Å². The van der Waals surface area contributed by atoms with Crippen LogP contribution in [0.25, 0.3) is 11.1 Å². The second-order valence-corrected chi connectivity index (χ2v) is 10.5. The third-order valence-corrected chi connectivity index (χ3v) is 8.10. The van der Waals surface area contributed by atoms with E-state index in [0.29, 0.717) is 29.7 Å². The van der Waals surface area contributed by atoms with E-state index in [4.69, 9.17) is 21.1 Å². The minimum atomic E-state index is -0.278. The first-order valence-electron chi connectivity index (χ1n) is 12.6. The van der Waals surface area contributed by atoms with Crippen molar-refractivity contribution < 1.29 is 19.0 Å². The van der Waals surface area contributed by atoms with Gasteiger partial charge in [0.25, 0.3) is 0 Å². The maximum Gasteiger partial charge on any atom is 0.233 e. The molecular weight excluding hydrogens is 511 g/mol. The van der Waals surface area contributed by atoms with Crippen LogP contribution in [0.2, 0.25) is 5.02 Å². The zero-order valence-electron chi connectivity index (χ0n) is 20.8. The Hall–Kier alpha value is -2.74. The summed E-state index contributed by atoms with van der Waals surface area (Å²) in [5, 5.41) is 10.6. The van der Waals surface area contributed by atoms with E-state index in [1.54, 1.807) is 24.0 Å². The van der Waals surface area contributed by atoms with Gasteiger partial charge in [-0.15, -0.1) is 11.8 Å². The fraction of sp³-hybridized carbons (Fsp3) is 0.345. The Bertz CT molecular complexity index is 1280. The molecule has 2 aliphatic heterocycles. The molecule has 2 aliphatic rings. The van der Waals surface area contributed by atoms with Crippen LogP contribution in [-0.4, -0.2) is 59.8 Å². The van der Waals surface area contributed by atoms with Crippen LogP contribution in [0.4, 0.5) is 4.39 Å². The van der Waals surface area contributed by atoms with Gasteiger partial charge in [-0.2, -0.15) is 0 Å². The van der Waals surface area contributed by atoms with E-state index < -0.39 is 0 Å². The van der Waals surface area contributed by atoms with Crippen LogP contribution in [0.15, 0.2) is 59.6 Å². The molecule has 1 saturated heterocycles. The number of halogens is 2. The molecule has 0 saturated carbocycles. The Morgan fingerprint density at radius 3 is 2.78 bits per heavy atom. The maximum absolute atomic E-state index is 12.5. The first-order chi connectivity index (χ1) is 18.1. The second-order valence-electron chi connectivity index (χ2n) is 9.13. The number of rotatable bonds is 9. The van der Waals surface area contributed by atoms with Crippen LogP contribution in [0.5, 0.6) is 17.4 Å². The summed E-state index contributed by atoms with van der Waals surface area (Å²) in [4.78, 5) is 7.59. The van der Waals surface area contributed by atoms with E-state index in [1.165, 1.54) is 0 Å². The summed E-state index contributed by atoms with van der Waals surface area (Å²) < 4.78 is 24.4. The number of pyridine rings is 1. The molecule has 0 amide bonds. The van der Waals surface area contributed by atoms with Crippen molar-refractivity contribution in [3.05, 3.63) is 76.4 Å². The molecular formula is C29H30ClFN2O3S. The minimum absolute atomic E-state index is 0.114. The third-order valence-electron chi connectivity index (χ3n) is 6.65. The lowest BCUT2D eigenvalue weighted by Crippen LogP contribution is -2.26. The zero-order valence-corrected chi connectivity index (χ0v) is 22.3. The molecule has 1 atom stereocenters. The van der Waals surface area contributed by atoms with Crippen molar-refractivity contribution in [3.8, 4) is 17.4 Å². The number of hydrogen-bond donors (Lipinski definition) is 1. The Morgan fingerprint density at radius 1 is 1.16 bits per heavy atom. The molecule has 1 fully saturated rings. The number of phenols is 1. The van der Waals surface area contributed by atoms with E-state index in [-0.39, 0.29) is 18.5 Å². The van der Waals surface area contributed by atoms with Crippen molar-refractivity contribution in [2.45, 2.75) is 30.8 Å². The topological polar surface area (TPSA) is 54.8 Å². The SMILES string of the molecule is CCOc1nccc(C2=C(c3ccc(O[C@H]4CCN(CCCF)C4)cc3)c3ccc(O)cc3SC2)c1Cl. The van der Waals surface area contributed by atoms with Gasteiger partial charge < -0.3 is 14.6 Å². The van der Waals surface area contributed by atoms with Gasteiger partial charge in [0.05, 0.1) is 13.3 Å². The number of fused-ring (bicyclic) bond motifs is 1. The molecule has 3 heterocycles. The number of thioether (sulfide) groups is 1. The first kappa shape index (κ1) is 25.9. The number of likely N-dealkylation sites (tertiary alicyclic amines) is 1. The molecule has 0 bridgehead atoms. The van der Waals surface area contributed by atoms with Gasteiger partial charge in [-0.1, -0.05) is 23.7 Å². The van der Waals surface area contributed by atoms with Crippen LogP contribution >= 0.6 is 23.4 Å². The predicted octanol–water partition coefficient (Wildman–Crippen LogP) is 6.72. The molecule has 0 unspecified atom stereocenters. The van der Waals surface area contributed by atoms with Crippen LogP contribution < -0.4 is 9.47 Å². The standard InChI is InChI=1S/C29H30ClFN2O3S/c1-2-35-29-28(30)23(10-13-32-29)25-18-37-26-16-20(34)6-9-24(26)27(25)19-4-7-21(8-5-19)36-22-11-15-33(17-22)14-3-12-31/h4-10,13,16,22,34H,2-3,11-12,14-15,17-18H2,1H3/t22-/m0/s1. The van der Waals surface area contributed by atoms with Gasteiger partial charge in [0.15, 0.2) is 0 Å². The van der Waals surface area contributed by atoms with E-state index in [2.05, 4.69) is 22.0 Å². The lowest BCUT2D eigenvalue weighted by atomic mass is 9.90. The highest BCUT2D eigenvalue weighted by Gasteiger charge is 2.26. The largest absolute Gasteiger partial charge is 0.508 e. The third kappa shape index (κ3) is 5.74. The summed E-state index contributed by atoms with van der Waals surface area (Å²) in [6.45, 7) is 4.66. The minimum Gasteiger partial charge on any atom is -0.508 e. The molecule has 0 aliphatic carbocycles. The summed E-state index contributed by atoms with van der Waals surface area (Å²) in [7, 11) is 0. The van der Waals surface area contributed by atoms with Crippen molar-refractivity contribution in [2.75, 3.05) is 38.7 Å². The van der Waals surface area contributed by atoms with Gasteiger partial charge in [0.2, 0.25) is 5.88 Å². The summed E-state index contributed by atoms with van der Waals surface area (Å²) in [6.07, 6.45) is 3.36. The van der Waals surface area contributed by atoms with Crippen LogP contribution in [0, 0.1) is 0 Å². The molecule has 3 aromatic rings. The van der Waals surface area contributed by atoms with Crippen LogP contribution in [0.1, 0.15) is 36.5 Å². The van der Waals surface area contributed by atoms with E-state index in [0.717, 1.165) is 64.5 Å². The number of alkyl halides is 1. The maximum atomic E-state index is 12.5. The summed E-state index contributed by atoms with van der Waals surface area (Å²) >= 11 is 8.45. The number of phenolic OH excluding ortho intramolecular Hbond substituents is 1. The normalized spacial score (nSPS) is 17.6. The number of benzene rings is 2. The number of nitrogens with zero attached hydrogens (tertiary/aromatic N) is 2. The Morgan fingerprint density at radius 2 is 2.00 bits per heavy atom. The van der Waals surface area contributed by atoms with Gasteiger partial charge >= 0.3 is 0 Å². The summed E-state index contributed by atoms with van der Waals surface area (Å²) in [5.41, 5.74) is 5.12. The average Bonchev–Trinajstić information content (AvgIpc) is 3.36. The lowest BCUT2D eigenvalue weighted by Gasteiger charge is -2.25. The van der Waals surface area contributed by atoms with Crippen molar-refractivity contribution in [2.24, 2.45) is 0 Å². The van der Waals surface area contributed by atoms with Crippen molar-refractivity contribution >= 4 is 34.5 Å². The Balaban J connectivity index is 1.48. The molecule has 5 rings (SSSR count). The van der Waals surface area contributed by atoms with Crippen molar-refractivity contribution in [1.82, 2.24) is 9.88 Å². The quantitative estimate of drug-likeness (QED) is 0.325. The Labute approximate surface area is 226 Å². The summed E-state index contributed by atoms with van der Waals surface area (Å²) in [5.74, 6) is 2.18. The number of ether oxygens (including phenoxy) is 2. The van der Waals surface area contributed by atoms with Crippen LogP contribution in [0.3, 0.4) is 0 Å². The molecule has 1 N–H and O–H groups in total. The van der Waals surface area contributed by atoms with Gasteiger partial charge in [-0.3, -0.25) is 9.29 Å². The average molecular weight is 541 g/mol. The fourth-order valence-corrected chi connectivity index (χ4v) is 6.34. The van der Waals surface area contributed by atoms with Gasteiger partial charge in [0.1, 0.15) is 22.6 Å². The van der Waals surface area contributed by atoms with E-state index in [1.807, 2.05) is 37.3 Å². The number of hydrogen-bond acceptors (Lipinski definition) is 6. The fourth-order valence-electron chi connectivity index (χ4n) is 4.93. The highest BCUT2D eigenvalue weighted by atomic mass is 35.5. The monoisotopic (exact) mass is 540 g/mol. The molecule has 37 heavy (non-hydrogen) atoms. The molecule has 0 spiro atoms. The summed E-state index contributed by atoms with van der Waals surface area (Å²) in [6, 6.07) is 15.6. The predicted molar refractivity (Wildman–Crippen MR) is 148 cm³/mol. The van der Waals surface area contributed by atoms with Gasteiger partial charge in [-0.05, 0) is 78.4 Å². The number of aromatic nitrogens is 1. The molecule has 194 valence electrons. The molecule has 0 radical (unpaired) electrons. The van der Waals surface area contributed by atoms with Crippen molar-refractivity contribution in [3.63, 3.8) is 0 Å². The van der Waals surface area contributed by atoms with Gasteiger partial charge in [-0.25, -0.2) is 4.98 Å². The molecule has 1 aromatic heterocycles. The van der Waals surface area contributed by atoms with E-state index >= 15 is 0 Å². The van der Waals surface area contributed by atoms with Crippen LogP contribution in [-0.2, 0) is 0 Å². The number of aromatic hydroxyl groups is 1.